The lowest BCUT2D eigenvalue weighted by Gasteiger charge is -2.37. The Hall–Kier alpha value is -0.850. The molecule has 1 aliphatic heterocycles. The highest BCUT2D eigenvalue weighted by atomic mass is 35.5. The van der Waals surface area contributed by atoms with E-state index in [0.29, 0.717) is 18.8 Å². The van der Waals surface area contributed by atoms with Gasteiger partial charge < -0.3 is 21.3 Å². The van der Waals surface area contributed by atoms with E-state index in [2.05, 4.69) is 15.5 Å². The SMILES string of the molecule is CN(CCCl)CCC1CNCC(C(N)=O)C1NC=O. The van der Waals surface area contributed by atoms with Crippen LogP contribution in [0.5, 0.6) is 0 Å². The molecule has 4 N–H and O–H groups in total. The molecule has 1 fully saturated rings. The van der Waals surface area contributed by atoms with Crippen molar-refractivity contribution in [3.05, 3.63) is 0 Å². The second kappa shape index (κ2) is 8.35. The number of nitrogens with two attached hydrogens (primary N) is 1. The molecule has 0 radical (unpaired) electrons. The average Bonchev–Trinajstić information content (AvgIpc) is 2.37. The summed E-state index contributed by atoms with van der Waals surface area (Å²) in [7, 11) is 2.01. The summed E-state index contributed by atoms with van der Waals surface area (Å²) in [5, 5.41) is 5.96. The summed E-state index contributed by atoms with van der Waals surface area (Å²) >= 11 is 5.69. The summed E-state index contributed by atoms with van der Waals surface area (Å²) in [4.78, 5) is 24.3. The molecule has 0 aromatic rings. The van der Waals surface area contributed by atoms with Gasteiger partial charge in [0.2, 0.25) is 12.3 Å². The van der Waals surface area contributed by atoms with E-state index in [0.717, 1.165) is 26.1 Å². The molecular weight excluding hydrogens is 268 g/mol. The van der Waals surface area contributed by atoms with Crippen molar-refractivity contribution in [2.24, 2.45) is 17.6 Å². The predicted molar refractivity (Wildman–Crippen MR) is 74.9 cm³/mol. The molecule has 7 heteroatoms. The van der Waals surface area contributed by atoms with Crippen LogP contribution in [-0.4, -0.2) is 62.4 Å². The van der Waals surface area contributed by atoms with E-state index in [9.17, 15) is 9.59 Å². The fraction of sp³-hybridized carbons (Fsp3) is 0.833. The van der Waals surface area contributed by atoms with Gasteiger partial charge in [-0.3, -0.25) is 9.59 Å². The summed E-state index contributed by atoms with van der Waals surface area (Å²) in [5.74, 6) is 0.0847. The van der Waals surface area contributed by atoms with Crippen LogP contribution in [0.2, 0.25) is 0 Å². The number of nitrogens with zero attached hydrogens (tertiary/aromatic N) is 1. The molecule has 6 nitrogen and oxygen atoms in total. The molecule has 0 bridgehead atoms. The van der Waals surface area contributed by atoms with Crippen molar-refractivity contribution >= 4 is 23.9 Å². The van der Waals surface area contributed by atoms with Gasteiger partial charge in [-0.2, -0.15) is 0 Å². The van der Waals surface area contributed by atoms with Crippen LogP contribution in [0.3, 0.4) is 0 Å². The Balaban J connectivity index is 2.57. The van der Waals surface area contributed by atoms with E-state index < -0.39 is 0 Å². The third-order valence-corrected chi connectivity index (χ3v) is 3.85. The first-order valence-corrected chi connectivity index (χ1v) is 7.07. The van der Waals surface area contributed by atoms with Gasteiger partial charge in [0, 0.05) is 31.6 Å². The van der Waals surface area contributed by atoms with Crippen LogP contribution >= 0.6 is 11.6 Å². The Morgan fingerprint density at radius 2 is 2.26 bits per heavy atom. The van der Waals surface area contributed by atoms with Crippen LogP contribution in [0.25, 0.3) is 0 Å². The minimum absolute atomic E-state index is 0.180. The molecule has 3 atom stereocenters. The molecule has 0 saturated carbocycles. The van der Waals surface area contributed by atoms with Gasteiger partial charge in [-0.1, -0.05) is 0 Å². The topological polar surface area (TPSA) is 87.5 Å². The molecule has 110 valence electrons. The number of hydrogen-bond acceptors (Lipinski definition) is 4. The number of primary amides is 1. The molecule has 19 heavy (non-hydrogen) atoms. The monoisotopic (exact) mass is 290 g/mol. The van der Waals surface area contributed by atoms with Crippen molar-refractivity contribution in [1.82, 2.24) is 15.5 Å². The van der Waals surface area contributed by atoms with E-state index in [-0.39, 0.29) is 23.8 Å². The summed E-state index contributed by atoms with van der Waals surface area (Å²) < 4.78 is 0. The fourth-order valence-corrected chi connectivity index (χ4v) is 2.83. The lowest BCUT2D eigenvalue weighted by molar-refractivity contribution is -0.124. The quantitative estimate of drug-likeness (QED) is 0.395. The Morgan fingerprint density at radius 3 is 2.84 bits per heavy atom. The molecule has 2 amide bonds. The van der Waals surface area contributed by atoms with Crippen molar-refractivity contribution in [1.29, 1.82) is 0 Å². The van der Waals surface area contributed by atoms with Gasteiger partial charge in [0.1, 0.15) is 0 Å². The van der Waals surface area contributed by atoms with Gasteiger partial charge in [0.05, 0.1) is 5.92 Å². The van der Waals surface area contributed by atoms with Gasteiger partial charge in [0.25, 0.3) is 0 Å². The molecule has 0 aliphatic carbocycles. The molecular formula is C12H23ClN4O2. The fourth-order valence-electron chi connectivity index (χ4n) is 2.54. The standard InChI is InChI=1S/C12H23ClN4O2/c1-17(5-3-13)4-2-9-6-15-7-10(12(14)19)11(9)16-8-18/h8-11,15H,2-7H2,1H3,(H2,14,19)(H,16,18). The van der Waals surface area contributed by atoms with E-state index in [1.54, 1.807) is 0 Å². The van der Waals surface area contributed by atoms with Crippen LogP contribution in [0.15, 0.2) is 0 Å². The summed E-state index contributed by atoms with van der Waals surface area (Å²) in [6.07, 6.45) is 1.54. The zero-order chi connectivity index (χ0) is 14.3. The summed E-state index contributed by atoms with van der Waals surface area (Å²) in [6, 6.07) is -0.180. The zero-order valence-electron chi connectivity index (χ0n) is 11.3. The normalized spacial score (nSPS) is 27.2. The second-order valence-electron chi connectivity index (χ2n) is 5.02. The second-order valence-corrected chi connectivity index (χ2v) is 5.40. The number of halogens is 1. The third-order valence-electron chi connectivity index (χ3n) is 3.69. The zero-order valence-corrected chi connectivity index (χ0v) is 12.0. The minimum atomic E-state index is -0.370. The van der Waals surface area contributed by atoms with Gasteiger partial charge >= 0.3 is 0 Å². The number of carbonyl (C=O) groups is 2. The Morgan fingerprint density at radius 1 is 1.53 bits per heavy atom. The van der Waals surface area contributed by atoms with E-state index in [1.165, 1.54) is 0 Å². The van der Waals surface area contributed by atoms with Crippen LogP contribution in [0, 0.1) is 11.8 Å². The van der Waals surface area contributed by atoms with Gasteiger partial charge in [0.15, 0.2) is 0 Å². The van der Waals surface area contributed by atoms with Crippen LogP contribution in [0.1, 0.15) is 6.42 Å². The molecule has 1 heterocycles. The predicted octanol–water partition coefficient (Wildman–Crippen LogP) is -1.02. The average molecular weight is 291 g/mol. The smallest absolute Gasteiger partial charge is 0.223 e. The number of amides is 2. The number of carbonyl (C=O) groups excluding carboxylic acids is 2. The number of hydrogen-bond donors (Lipinski definition) is 3. The maximum absolute atomic E-state index is 11.4. The first-order chi connectivity index (χ1) is 9.10. The Labute approximate surface area is 119 Å². The van der Waals surface area contributed by atoms with Crippen molar-refractivity contribution < 1.29 is 9.59 Å². The van der Waals surface area contributed by atoms with Crippen LogP contribution < -0.4 is 16.4 Å². The third kappa shape index (κ3) is 4.97. The van der Waals surface area contributed by atoms with Gasteiger partial charge in [-0.05, 0) is 25.9 Å². The van der Waals surface area contributed by atoms with E-state index in [4.69, 9.17) is 17.3 Å². The highest BCUT2D eigenvalue weighted by Crippen LogP contribution is 2.20. The Kier molecular flexibility index (Phi) is 7.12. The lowest BCUT2D eigenvalue weighted by Crippen LogP contribution is -2.57. The highest BCUT2D eigenvalue weighted by molar-refractivity contribution is 6.18. The van der Waals surface area contributed by atoms with Crippen LogP contribution in [-0.2, 0) is 9.59 Å². The molecule has 3 unspecified atom stereocenters. The molecule has 1 aliphatic rings. The molecule has 1 rings (SSSR count). The van der Waals surface area contributed by atoms with Crippen LogP contribution in [0.4, 0.5) is 0 Å². The number of nitrogens with one attached hydrogen (secondary N) is 2. The van der Waals surface area contributed by atoms with E-state index >= 15 is 0 Å². The molecule has 0 spiro atoms. The largest absolute Gasteiger partial charge is 0.369 e. The molecule has 0 aromatic heterocycles. The lowest BCUT2D eigenvalue weighted by atomic mass is 9.82. The molecule has 0 aromatic carbocycles. The van der Waals surface area contributed by atoms with Crippen molar-refractivity contribution in [2.45, 2.75) is 12.5 Å². The van der Waals surface area contributed by atoms with Gasteiger partial charge in [-0.15, -0.1) is 11.6 Å². The van der Waals surface area contributed by atoms with E-state index in [1.807, 2.05) is 7.05 Å². The van der Waals surface area contributed by atoms with Crippen molar-refractivity contribution in [3.8, 4) is 0 Å². The number of alkyl halides is 1. The maximum atomic E-state index is 11.4. The van der Waals surface area contributed by atoms with Crippen molar-refractivity contribution in [2.75, 3.05) is 39.1 Å². The molecule has 1 saturated heterocycles. The van der Waals surface area contributed by atoms with Crippen molar-refractivity contribution in [3.63, 3.8) is 0 Å². The summed E-state index contributed by atoms with van der Waals surface area (Å²) in [5.41, 5.74) is 5.39. The summed E-state index contributed by atoms with van der Waals surface area (Å²) in [6.45, 7) is 3.01. The first-order valence-electron chi connectivity index (χ1n) is 6.54. The Bertz CT molecular complexity index is 303. The highest BCUT2D eigenvalue weighted by Gasteiger charge is 2.35. The maximum Gasteiger partial charge on any atom is 0.223 e. The minimum Gasteiger partial charge on any atom is -0.369 e. The van der Waals surface area contributed by atoms with Gasteiger partial charge in [-0.25, -0.2) is 0 Å². The first kappa shape index (κ1) is 16.2. The number of rotatable bonds is 8. The number of piperidine rings is 1.